The van der Waals surface area contributed by atoms with E-state index in [-0.39, 0.29) is 0 Å². The molecule has 0 unspecified atom stereocenters. The van der Waals surface area contributed by atoms with E-state index in [1.165, 1.54) is 6.92 Å². The van der Waals surface area contributed by atoms with Gasteiger partial charge in [0.05, 0.1) is 0 Å². The van der Waals surface area contributed by atoms with Crippen molar-refractivity contribution in [2.24, 2.45) is 0 Å². The van der Waals surface area contributed by atoms with E-state index in [2.05, 4.69) is 0 Å². The third kappa shape index (κ3) is 2.38. The molecular formula is C7H12F3NO2S. The lowest BCUT2D eigenvalue weighted by molar-refractivity contribution is -0.0456. The van der Waals surface area contributed by atoms with Crippen LogP contribution in [0.4, 0.5) is 13.2 Å². The monoisotopic (exact) mass is 231 g/mol. The molecule has 3 nitrogen and oxygen atoms in total. The smallest absolute Gasteiger partial charge is 0.203 e. The molecule has 0 aliphatic heterocycles. The fourth-order valence-corrected chi connectivity index (χ4v) is 2.61. The van der Waals surface area contributed by atoms with Crippen LogP contribution in [-0.4, -0.2) is 19.5 Å². The molecule has 1 rings (SSSR count). The normalized spacial score (nSPS) is 22.6. The standard InChI is InChI=1S/C7H12F3NO2S/c1-6(4-2-3-5-6)11-14(12,13)7(8,9)10/h11H,2-5H2,1H3. The van der Waals surface area contributed by atoms with Crippen LogP contribution in [0.15, 0.2) is 0 Å². The molecule has 0 saturated heterocycles. The molecule has 0 spiro atoms. The van der Waals surface area contributed by atoms with Crippen molar-refractivity contribution in [3.63, 3.8) is 0 Å². The summed E-state index contributed by atoms with van der Waals surface area (Å²) in [7, 11) is -5.19. The summed E-state index contributed by atoms with van der Waals surface area (Å²) < 4.78 is 59.3. The summed E-state index contributed by atoms with van der Waals surface area (Å²) in [4.78, 5) is 0. The highest BCUT2D eigenvalue weighted by Crippen LogP contribution is 2.32. The molecule has 0 bridgehead atoms. The maximum Gasteiger partial charge on any atom is 0.511 e. The molecule has 1 saturated carbocycles. The van der Waals surface area contributed by atoms with Crippen LogP contribution in [0.1, 0.15) is 32.6 Å². The first-order chi connectivity index (χ1) is 6.16. The third-order valence-electron chi connectivity index (χ3n) is 2.39. The average molecular weight is 231 g/mol. The van der Waals surface area contributed by atoms with E-state index in [0.717, 1.165) is 12.8 Å². The average Bonchev–Trinajstić information content (AvgIpc) is 2.31. The highest BCUT2D eigenvalue weighted by atomic mass is 32.2. The molecule has 14 heavy (non-hydrogen) atoms. The minimum atomic E-state index is -5.21. The van der Waals surface area contributed by atoms with E-state index in [1.807, 2.05) is 0 Å². The van der Waals surface area contributed by atoms with Crippen LogP contribution in [0, 0.1) is 0 Å². The van der Waals surface area contributed by atoms with Crippen molar-refractivity contribution in [1.29, 1.82) is 0 Å². The van der Waals surface area contributed by atoms with Gasteiger partial charge in [0.2, 0.25) is 0 Å². The van der Waals surface area contributed by atoms with Crippen LogP contribution in [0.3, 0.4) is 0 Å². The summed E-state index contributed by atoms with van der Waals surface area (Å²) in [6.45, 7) is 1.50. The second-order valence-electron chi connectivity index (χ2n) is 3.82. The van der Waals surface area contributed by atoms with Crippen molar-refractivity contribution >= 4 is 10.0 Å². The van der Waals surface area contributed by atoms with E-state index in [1.54, 1.807) is 4.72 Å². The zero-order chi connectivity index (χ0) is 11.0. The second kappa shape index (κ2) is 3.37. The van der Waals surface area contributed by atoms with Crippen LogP contribution in [0.2, 0.25) is 0 Å². The van der Waals surface area contributed by atoms with Crippen molar-refractivity contribution in [3.05, 3.63) is 0 Å². The maximum atomic E-state index is 12.0. The van der Waals surface area contributed by atoms with Gasteiger partial charge in [-0.25, -0.2) is 13.1 Å². The molecular weight excluding hydrogens is 219 g/mol. The quantitative estimate of drug-likeness (QED) is 0.787. The van der Waals surface area contributed by atoms with Gasteiger partial charge in [-0.3, -0.25) is 0 Å². The summed E-state index contributed by atoms with van der Waals surface area (Å²) >= 11 is 0. The highest BCUT2D eigenvalue weighted by Gasteiger charge is 2.49. The van der Waals surface area contributed by atoms with Crippen molar-refractivity contribution in [2.45, 2.75) is 43.7 Å². The van der Waals surface area contributed by atoms with Gasteiger partial charge in [0.15, 0.2) is 0 Å². The first kappa shape index (κ1) is 11.8. The SMILES string of the molecule is CC1(NS(=O)(=O)C(F)(F)F)CCCC1. The van der Waals surface area contributed by atoms with Crippen molar-refractivity contribution < 1.29 is 21.6 Å². The predicted octanol–water partition coefficient (Wildman–Crippen LogP) is 1.76. The van der Waals surface area contributed by atoms with E-state index in [9.17, 15) is 21.6 Å². The Balaban J connectivity index is 2.78. The van der Waals surface area contributed by atoms with Crippen molar-refractivity contribution in [2.75, 3.05) is 0 Å². The maximum absolute atomic E-state index is 12.0. The summed E-state index contributed by atoms with van der Waals surface area (Å²) in [5, 5.41) is 0. The molecule has 0 radical (unpaired) electrons. The Morgan fingerprint density at radius 1 is 1.21 bits per heavy atom. The number of hydrogen-bond donors (Lipinski definition) is 1. The molecule has 1 aliphatic rings. The molecule has 0 aromatic carbocycles. The molecule has 1 aliphatic carbocycles. The predicted molar refractivity (Wildman–Crippen MR) is 45.0 cm³/mol. The molecule has 0 aromatic rings. The minimum absolute atomic E-state index is 0.461. The van der Waals surface area contributed by atoms with E-state index in [0.29, 0.717) is 12.8 Å². The van der Waals surface area contributed by atoms with Crippen molar-refractivity contribution in [1.82, 2.24) is 4.72 Å². The Bertz CT molecular complexity index is 303. The highest BCUT2D eigenvalue weighted by molar-refractivity contribution is 7.90. The van der Waals surface area contributed by atoms with Crippen LogP contribution >= 0.6 is 0 Å². The zero-order valence-corrected chi connectivity index (χ0v) is 8.50. The lowest BCUT2D eigenvalue weighted by Gasteiger charge is -2.25. The Labute approximate surface area is 80.7 Å². The van der Waals surface area contributed by atoms with Crippen LogP contribution < -0.4 is 4.72 Å². The number of sulfonamides is 1. The summed E-state index contributed by atoms with van der Waals surface area (Å²) in [5.41, 5.74) is -6.13. The molecule has 1 fully saturated rings. The second-order valence-corrected chi connectivity index (χ2v) is 5.49. The number of nitrogens with one attached hydrogen (secondary N) is 1. The van der Waals surface area contributed by atoms with E-state index >= 15 is 0 Å². The van der Waals surface area contributed by atoms with Gasteiger partial charge >= 0.3 is 15.5 Å². The minimum Gasteiger partial charge on any atom is -0.203 e. The Hall–Kier alpha value is -0.300. The van der Waals surface area contributed by atoms with Crippen molar-refractivity contribution in [3.8, 4) is 0 Å². The number of halogens is 3. The molecule has 0 atom stereocenters. The lowest BCUT2D eigenvalue weighted by atomic mass is 10.0. The molecule has 84 valence electrons. The number of hydrogen-bond acceptors (Lipinski definition) is 2. The molecule has 7 heteroatoms. The van der Waals surface area contributed by atoms with E-state index < -0.39 is 21.1 Å². The van der Waals surface area contributed by atoms with E-state index in [4.69, 9.17) is 0 Å². The van der Waals surface area contributed by atoms with Gasteiger partial charge in [0, 0.05) is 5.54 Å². The Morgan fingerprint density at radius 2 is 1.64 bits per heavy atom. The van der Waals surface area contributed by atoms with Gasteiger partial charge in [0.25, 0.3) is 0 Å². The zero-order valence-electron chi connectivity index (χ0n) is 7.69. The summed E-state index contributed by atoms with van der Waals surface area (Å²) in [6, 6.07) is 0. The van der Waals surface area contributed by atoms with Crippen LogP contribution in [0.25, 0.3) is 0 Å². The van der Waals surface area contributed by atoms with Crippen LogP contribution in [-0.2, 0) is 10.0 Å². The molecule has 0 amide bonds. The van der Waals surface area contributed by atoms with Crippen LogP contribution in [0.5, 0.6) is 0 Å². The Morgan fingerprint density at radius 3 is 2.00 bits per heavy atom. The molecule has 0 heterocycles. The molecule has 1 N–H and O–H groups in total. The summed E-state index contributed by atoms with van der Waals surface area (Å²) in [6.07, 6.45) is 2.44. The first-order valence-electron chi connectivity index (χ1n) is 4.27. The number of alkyl halides is 3. The van der Waals surface area contributed by atoms with Gasteiger partial charge in [0.1, 0.15) is 0 Å². The fourth-order valence-electron chi connectivity index (χ4n) is 1.64. The largest absolute Gasteiger partial charge is 0.511 e. The van der Waals surface area contributed by atoms with Gasteiger partial charge in [-0.05, 0) is 19.8 Å². The summed E-state index contributed by atoms with van der Waals surface area (Å²) in [5.74, 6) is 0. The lowest BCUT2D eigenvalue weighted by Crippen LogP contribution is -2.48. The van der Waals surface area contributed by atoms with Gasteiger partial charge in [-0.15, -0.1) is 0 Å². The fraction of sp³-hybridized carbons (Fsp3) is 1.00. The molecule has 0 aromatic heterocycles. The van der Waals surface area contributed by atoms with Gasteiger partial charge < -0.3 is 0 Å². The van der Waals surface area contributed by atoms with Gasteiger partial charge in [-0.1, -0.05) is 12.8 Å². The third-order valence-corrected chi connectivity index (χ3v) is 3.76. The number of rotatable bonds is 2. The van der Waals surface area contributed by atoms with Gasteiger partial charge in [-0.2, -0.15) is 13.2 Å². The Kier molecular flexibility index (Phi) is 2.84. The topological polar surface area (TPSA) is 46.2 Å². The first-order valence-corrected chi connectivity index (χ1v) is 5.75.